The molecule has 1 aromatic carbocycles. The molecule has 0 bridgehead atoms. The van der Waals surface area contributed by atoms with E-state index < -0.39 is 0 Å². The van der Waals surface area contributed by atoms with Gasteiger partial charge in [0.25, 0.3) is 5.91 Å². The lowest BCUT2D eigenvalue weighted by molar-refractivity contribution is 0.0774. The lowest BCUT2D eigenvalue weighted by Gasteiger charge is -2.18. The summed E-state index contributed by atoms with van der Waals surface area (Å²) in [4.78, 5) is 14.3. The topological polar surface area (TPSA) is 45.5 Å². The van der Waals surface area contributed by atoms with Crippen LogP contribution in [-0.2, 0) is 13.0 Å². The second-order valence-electron chi connectivity index (χ2n) is 5.18. The molecule has 2 rings (SSSR count). The molecule has 1 aromatic heterocycles. The number of nitrogens with zero attached hydrogens (tertiary/aromatic N) is 1. The molecule has 112 valence electrons. The molecule has 0 aliphatic rings. The number of amides is 1. The summed E-state index contributed by atoms with van der Waals surface area (Å²) < 4.78 is 5.53. The Kier molecular flexibility index (Phi) is 5.17. The molecule has 0 spiro atoms. The lowest BCUT2D eigenvalue weighted by Crippen LogP contribution is -2.27. The van der Waals surface area contributed by atoms with Crippen LogP contribution in [0.3, 0.4) is 0 Å². The molecule has 1 heterocycles. The van der Waals surface area contributed by atoms with Crippen molar-refractivity contribution in [3.05, 3.63) is 59.0 Å². The van der Waals surface area contributed by atoms with Crippen molar-refractivity contribution >= 4 is 5.91 Å². The fraction of sp³-hybridized carbons (Fsp3) is 0.353. The number of aryl methyl sites for hydroxylation is 1. The number of furan rings is 1. The van der Waals surface area contributed by atoms with E-state index >= 15 is 0 Å². The van der Waals surface area contributed by atoms with Crippen molar-refractivity contribution < 1.29 is 9.21 Å². The van der Waals surface area contributed by atoms with E-state index in [-0.39, 0.29) is 5.91 Å². The smallest absolute Gasteiger partial charge is 0.254 e. The van der Waals surface area contributed by atoms with E-state index in [1.54, 1.807) is 11.9 Å². The number of rotatable bonds is 6. The first-order chi connectivity index (χ1) is 10.1. The monoisotopic (exact) mass is 286 g/mol. The molecule has 1 amide bonds. The Morgan fingerprint density at radius 2 is 2.00 bits per heavy atom. The maximum atomic E-state index is 12.6. The molecule has 0 saturated carbocycles. The van der Waals surface area contributed by atoms with Crippen LogP contribution < -0.4 is 5.32 Å². The third-order valence-corrected chi connectivity index (χ3v) is 3.43. The van der Waals surface area contributed by atoms with Gasteiger partial charge in [0.1, 0.15) is 11.5 Å². The molecule has 0 saturated heterocycles. The van der Waals surface area contributed by atoms with E-state index in [1.807, 2.05) is 50.4 Å². The van der Waals surface area contributed by atoms with E-state index in [0.717, 1.165) is 35.6 Å². The summed E-state index contributed by atoms with van der Waals surface area (Å²) in [6.45, 7) is 3.23. The molecule has 2 aromatic rings. The SMILES string of the molecule is CNCCc1ccccc1C(=O)N(C)Cc1ccc(C)o1. The van der Waals surface area contributed by atoms with E-state index in [9.17, 15) is 4.79 Å². The lowest BCUT2D eigenvalue weighted by atomic mass is 10.0. The van der Waals surface area contributed by atoms with Crippen LogP contribution in [0.15, 0.2) is 40.8 Å². The molecule has 0 aliphatic heterocycles. The van der Waals surface area contributed by atoms with Gasteiger partial charge in [0.15, 0.2) is 0 Å². The molecule has 0 fully saturated rings. The van der Waals surface area contributed by atoms with Crippen LogP contribution in [0.4, 0.5) is 0 Å². The number of likely N-dealkylation sites (N-methyl/N-ethyl adjacent to an activating group) is 1. The largest absolute Gasteiger partial charge is 0.464 e. The van der Waals surface area contributed by atoms with Gasteiger partial charge < -0.3 is 14.6 Å². The Bertz CT molecular complexity index is 604. The zero-order chi connectivity index (χ0) is 15.2. The first-order valence-corrected chi connectivity index (χ1v) is 7.15. The summed E-state index contributed by atoms with van der Waals surface area (Å²) in [5.41, 5.74) is 1.83. The molecule has 0 aliphatic carbocycles. The molecule has 1 N–H and O–H groups in total. The maximum absolute atomic E-state index is 12.6. The van der Waals surface area contributed by atoms with Crippen molar-refractivity contribution in [2.24, 2.45) is 0 Å². The molecule has 4 heteroatoms. The van der Waals surface area contributed by atoms with Gasteiger partial charge in [0.05, 0.1) is 6.54 Å². The molecular weight excluding hydrogens is 264 g/mol. The zero-order valence-electron chi connectivity index (χ0n) is 12.8. The highest BCUT2D eigenvalue weighted by Crippen LogP contribution is 2.15. The third-order valence-electron chi connectivity index (χ3n) is 3.43. The van der Waals surface area contributed by atoms with Gasteiger partial charge in [-0.1, -0.05) is 18.2 Å². The van der Waals surface area contributed by atoms with Gasteiger partial charge >= 0.3 is 0 Å². The van der Waals surface area contributed by atoms with Crippen LogP contribution in [0, 0.1) is 6.92 Å². The van der Waals surface area contributed by atoms with Crippen molar-refractivity contribution in [2.45, 2.75) is 19.9 Å². The average molecular weight is 286 g/mol. The summed E-state index contributed by atoms with van der Waals surface area (Å²) in [6.07, 6.45) is 0.839. The minimum atomic E-state index is 0.0238. The van der Waals surface area contributed by atoms with Crippen molar-refractivity contribution in [3.8, 4) is 0 Å². The van der Waals surface area contributed by atoms with Crippen molar-refractivity contribution in [2.75, 3.05) is 20.6 Å². The Morgan fingerprint density at radius 1 is 1.24 bits per heavy atom. The predicted octanol–water partition coefficient (Wildman–Crippen LogP) is 2.62. The van der Waals surface area contributed by atoms with E-state index in [0.29, 0.717) is 6.54 Å². The second-order valence-corrected chi connectivity index (χ2v) is 5.18. The van der Waals surface area contributed by atoms with Crippen LogP contribution in [0.25, 0.3) is 0 Å². The molecule has 0 atom stereocenters. The van der Waals surface area contributed by atoms with Gasteiger partial charge in [-0.25, -0.2) is 0 Å². The van der Waals surface area contributed by atoms with E-state index in [2.05, 4.69) is 5.32 Å². The predicted molar refractivity (Wildman–Crippen MR) is 83.3 cm³/mol. The first-order valence-electron chi connectivity index (χ1n) is 7.15. The van der Waals surface area contributed by atoms with Crippen molar-refractivity contribution in [3.63, 3.8) is 0 Å². The minimum absolute atomic E-state index is 0.0238. The van der Waals surface area contributed by atoms with Gasteiger partial charge in [0.2, 0.25) is 0 Å². The summed E-state index contributed by atoms with van der Waals surface area (Å²) in [6, 6.07) is 11.6. The Labute approximate surface area is 125 Å². The highest BCUT2D eigenvalue weighted by Gasteiger charge is 2.16. The van der Waals surface area contributed by atoms with E-state index in [4.69, 9.17) is 4.42 Å². The molecular formula is C17H22N2O2. The van der Waals surface area contributed by atoms with Crippen LogP contribution in [-0.4, -0.2) is 31.4 Å². The van der Waals surface area contributed by atoms with Crippen LogP contribution in [0.1, 0.15) is 27.4 Å². The zero-order valence-corrected chi connectivity index (χ0v) is 12.8. The fourth-order valence-corrected chi connectivity index (χ4v) is 2.29. The minimum Gasteiger partial charge on any atom is -0.464 e. The van der Waals surface area contributed by atoms with Gasteiger partial charge in [0, 0.05) is 12.6 Å². The van der Waals surface area contributed by atoms with Crippen LogP contribution in [0.2, 0.25) is 0 Å². The van der Waals surface area contributed by atoms with Crippen LogP contribution >= 0.6 is 0 Å². The number of nitrogens with one attached hydrogen (secondary N) is 1. The van der Waals surface area contributed by atoms with E-state index in [1.165, 1.54) is 0 Å². The molecule has 0 radical (unpaired) electrons. The number of carbonyl (C=O) groups is 1. The Morgan fingerprint density at radius 3 is 2.67 bits per heavy atom. The number of hydrogen-bond donors (Lipinski definition) is 1. The molecule has 21 heavy (non-hydrogen) atoms. The summed E-state index contributed by atoms with van der Waals surface area (Å²) >= 11 is 0. The summed E-state index contributed by atoms with van der Waals surface area (Å²) in [7, 11) is 3.71. The standard InChI is InChI=1S/C17H22N2O2/c1-13-8-9-15(21-13)12-19(3)17(20)16-7-5-4-6-14(16)10-11-18-2/h4-9,18H,10-12H2,1-3H3. The Balaban J connectivity index is 2.11. The second kappa shape index (κ2) is 7.09. The molecule has 0 unspecified atom stereocenters. The van der Waals surface area contributed by atoms with Crippen LogP contribution in [0.5, 0.6) is 0 Å². The molecule has 4 nitrogen and oxygen atoms in total. The van der Waals surface area contributed by atoms with Gasteiger partial charge in [-0.15, -0.1) is 0 Å². The third kappa shape index (κ3) is 3.95. The highest BCUT2D eigenvalue weighted by molar-refractivity contribution is 5.95. The normalized spacial score (nSPS) is 10.6. The fourth-order valence-electron chi connectivity index (χ4n) is 2.29. The average Bonchev–Trinajstić information content (AvgIpc) is 2.89. The van der Waals surface area contributed by atoms with Gasteiger partial charge in [-0.3, -0.25) is 4.79 Å². The Hall–Kier alpha value is -2.07. The quantitative estimate of drug-likeness (QED) is 0.888. The summed E-state index contributed by atoms with van der Waals surface area (Å²) in [5, 5.41) is 3.11. The van der Waals surface area contributed by atoms with Gasteiger partial charge in [-0.2, -0.15) is 0 Å². The highest BCUT2D eigenvalue weighted by atomic mass is 16.3. The summed E-state index contributed by atoms with van der Waals surface area (Å²) in [5.74, 6) is 1.69. The number of carbonyl (C=O) groups excluding carboxylic acids is 1. The maximum Gasteiger partial charge on any atom is 0.254 e. The number of benzene rings is 1. The van der Waals surface area contributed by atoms with Crippen molar-refractivity contribution in [1.82, 2.24) is 10.2 Å². The van der Waals surface area contributed by atoms with Crippen molar-refractivity contribution in [1.29, 1.82) is 0 Å². The number of hydrogen-bond acceptors (Lipinski definition) is 3. The van der Waals surface area contributed by atoms with Gasteiger partial charge in [-0.05, 0) is 50.7 Å². The first kappa shape index (κ1) is 15.3.